The number of hydrogen-bond acceptors (Lipinski definition) is 2. The maximum atomic E-state index is 9.81. The zero-order valence-electron chi connectivity index (χ0n) is 4.26. The second-order valence-electron chi connectivity index (χ2n) is 1.16. The van der Waals surface area contributed by atoms with Gasteiger partial charge in [0.05, 0.1) is 5.57 Å². The second kappa shape index (κ2) is 2.80. The van der Waals surface area contributed by atoms with E-state index in [1.807, 2.05) is 5.73 Å². The van der Waals surface area contributed by atoms with E-state index >= 15 is 0 Å². The molecule has 0 atom stereocenters. The highest BCUT2D eigenvalue weighted by Crippen LogP contribution is 1.83. The predicted octanol–water partition coefficient (Wildman–Crippen LogP) is 0.00400. The molecule has 0 fully saturated rings. The summed E-state index contributed by atoms with van der Waals surface area (Å²) in [6.45, 7) is 1.27. The number of rotatable bonds is 1. The van der Waals surface area contributed by atoms with E-state index in [4.69, 9.17) is 5.11 Å². The third kappa shape index (κ3) is 1.98. The average molecular weight is 112 g/mol. The van der Waals surface area contributed by atoms with Gasteiger partial charge in [0.15, 0.2) is 5.94 Å². The molecular formula is C5H4O3. The SMILES string of the molecule is CC(=C=C=O)C(=O)O. The summed E-state index contributed by atoms with van der Waals surface area (Å²) in [5.74, 6) is 0.0859. The molecule has 0 aliphatic heterocycles. The average Bonchev–Trinajstić information content (AvgIpc) is 1.67. The molecule has 0 amide bonds. The number of carbonyl (C=O) groups excluding carboxylic acids is 1. The lowest BCUT2D eigenvalue weighted by Gasteiger charge is -1.79. The fraction of sp³-hybridized carbons (Fsp3) is 0.200. The summed E-state index contributed by atoms with van der Waals surface area (Å²) in [6, 6.07) is 0. The van der Waals surface area contributed by atoms with Gasteiger partial charge in [-0.3, -0.25) is 0 Å². The van der Waals surface area contributed by atoms with Crippen molar-refractivity contribution in [2.75, 3.05) is 0 Å². The summed E-state index contributed by atoms with van der Waals surface area (Å²) in [4.78, 5) is 19.2. The maximum Gasteiger partial charge on any atom is 0.339 e. The highest BCUT2D eigenvalue weighted by Gasteiger charge is 1.95. The van der Waals surface area contributed by atoms with Gasteiger partial charge in [0.25, 0.3) is 0 Å². The van der Waals surface area contributed by atoms with Crippen molar-refractivity contribution in [3.05, 3.63) is 11.3 Å². The first kappa shape index (κ1) is 6.70. The second-order valence-corrected chi connectivity index (χ2v) is 1.16. The molecule has 0 saturated carbocycles. The minimum absolute atomic E-state index is 0.125. The normalized spacial score (nSPS) is 6.62. The van der Waals surface area contributed by atoms with Crippen LogP contribution in [-0.4, -0.2) is 17.0 Å². The van der Waals surface area contributed by atoms with E-state index in [-0.39, 0.29) is 5.57 Å². The van der Waals surface area contributed by atoms with E-state index in [0.717, 1.165) is 0 Å². The predicted molar refractivity (Wildman–Crippen MR) is 26.0 cm³/mol. The minimum atomic E-state index is -1.15. The molecule has 0 aliphatic carbocycles. The molecule has 0 radical (unpaired) electrons. The van der Waals surface area contributed by atoms with Crippen LogP contribution < -0.4 is 0 Å². The van der Waals surface area contributed by atoms with Crippen molar-refractivity contribution in [3.63, 3.8) is 0 Å². The summed E-state index contributed by atoms with van der Waals surface area (Å²) in [7, 11) is 0. The Morgan fingerprint density at radius 2 is 2.12 bits per heavy atom. The molecule has 0 unspecified atom stereocenters. The number of hydrogen-bond donors (Lipinski definition) is 1. The van der Waals surface area contributed by atoms with Crippen molar-refractivity contribution in [2.45, 2.75) is 6.92 Å². The summed E-state index contributed by atoms with van der Waals surface area (Å²) >= 11 is 0. The summed E-state index contributed by atoms with van der Waals surface area (Å²) < 4.78 is 0. The van der Waals surface area contributed by atoms with Crippen LogP contribution in [0.2, 0.25) is 0 Å². The maximum absolute atomic E-state index is 9.81. The first-order valence-corrected chi connectivity index (χ1v) is 1.88. The Bertz CT molecular complexity index is 180. The van der Waals surface area contributed by atoms with Gasteiger partial charge in [-0.25, -0.2) is 9.59 Å². The Morgan fingerprint density at radius 1 is 1.62 bits per heavy atom. The first-order valence-electron chi connectivity index (χ1n) is 1.88. The highest BCUT2D eigenvalue weighted by atomic mass is 16.4. The molecule has 3 heteroatoms. The first-order chi connectivity index (χ1) is 3.68. The van der Waals surface area contributed by atoms with Gasteiger partial charge in [0.1, 0.15) is 0 Å². The summed E-state index contributed by atoms with van der Waals surface area (Å²) in [5, 5.41) is 8.03. The Morgan fingerprint density at radius 3 is 2.25 bits per heavy atom. The van der Waals surface area contributed by atoms with Crippen LogP contribution in [0, 0.1) is 0 Å². The summed E-state index contributed by atoms with van der Waals surface area (Å²) in [6.07, 6.45) is 0. The molecule has 0 bridgehead atoms. The molecule has 0 spiro atoms. The number of carbonyl (C=O) groups is 1. The topological polar surface area (TPSA) is 54.4 Å². The molecule has 0 heterocycles. The van der Waals surface area contributed by atoms with Crippen LogP contribution in [0.4, 0.5) is 0 Å². The van der Waals surface area contributed by atoms with Crippen molar-refractivity contribution in [3.8, 4) is 0 Å². The van der Waals surface area contributed by atoms with Crippen LogP contribution in [-0.2, 0) is 9.59 Å². The van der Waals surface area contributed by atoms with Gasteiger partial charge in [-0.15, -0.1) is 0 Å². The standard InChI is InChI=1S/C5H4O3/c1-4(2-3-6)5(7)8/h1H3,(H,7,8). The molecule has 0 saturated heterocycles. The Hall–Kier alpha value is -1.30. The van der Waals surface area contributed by atoms with Gasteiger partial charge in [-0.05, 0) is 12.7 Å². The van der Waals surface area contributed by atoms with E-state index in [0.29, 0.717) is 0 Å². The van der Waals surface area contributed by atoms with Crippen molar-refractivity contribution in [1.29, 1.82) is 0 Å². The lowest BCUT2D eigenvalue weighted by atomic mass is 10.3. The third-order valence-corrected chi connectivity index (χ3v) is 0.559. The summed E-state index contributed by atoms with van der Waals surface area (Å²) in [5.41, 5.74) is 1.73. The van der Waals surface area contributed by atoms with Crippen LogP contribution in [0.1, 0.15) is 6.92 Å². The van der Waals surface area contributed by atoms with Gasteiger partial charge < -0.3 is 5.11 Å². The van der Waals surface area contributed by atoms with Crippen LogP contribution in [0.3, 0.4) is 0 Å². The molecule has 8 heavy (non-hydrogen) atoms. The molecule has 0 rings (SSSR count). The Kier molecular flexibility index (Phi) is 2.35. The zero-order chi connectivity index (χ0) is 6.57. The van der Waals surface area contributed by atoms with Crippen molar-refractivity contribution < 1.29 is 14.7 Å². The fourth-order valence-corrected chi connectivity index (χ4v) is 0.130. The minimum Gasteiger partial charge on any atom is -0.477 e. The van der Waals surface area contributed by atoms with Gasteiger partial charge in [-0.1, -0.05) is 0 Å². The van der Waals surface area contributed by atoms with Gasteiger partial charge in [-0.2, -0.15) is 0 Å². The Labute approximate surface area is 45.9 Å². The fourth-order valence-electron chi connectivity index (χ4n) is 0.130. The molecule has 0 aromatic carbocycles. The monoisotopic (exact) mass is 112 g/mol. The van der Waals surface area contributed by atoms with Crippen LogP contribution in [0.15, 0.2) is 11.3 Å². The molecular weight excluding hydrogens is 108 g/mol. The molecule has 42 valence electrons. The third-order valence-electron chi connectivity index (χ3n) is 0.559. The lowest BCUT2D eigenvalue weighted by Crippen LogP contribution is -1.93. The van der Waals surface area contributed by atoms with Crippen LogP contribution in [0.5, 0.6) is 0 Å². The van der Waals surface area contributed by atoms with Gasteiger partial charge >= 0.3 is 5.97 Å². The molecule has 0 aromatic rings. The largest absolute Gasteiger partial charge is 0.477 e. The van der Waals surface area contributed by atoms with Gasteiger partial charge in [0.2, 0.25) is 0 Å². The molecule has 1 N–H and O–H groups in total. The molecule has 3 nitrogen and oxygen atoms in total. The van der Waals surface area contributed by atoms with Crippen molar-refractivity contribution in [1.82, 2.24) is 0 Å². The van der Waals surface area contributed by atoms with Crippen LogP contribution >= 0.6 is 0 Å². The number of aliphatic carboxylic acids is 1. The smallest absolute Gasteiger partial charge is 0.339 e. The zero-order valence-corrected chi connectivity index (χ0v) is 4.26. The van der Waals surface area contributed by atoms with Crippen molar-refractivity contribution in [2.24, 2.45) is 0 Å². The van der Waals surface area contributed by atoms with E-state index in [9.17, 15) is 9.59 Å². The van der Waals surface area contributed by atoms with Crippen molar-refractivity contribution >= 4 is 11.9 Å². The van der Waals surface area contributed by atoms with E-state index in [1.54, 1.807) is 0 Å². The van der Waals surface area contributed by atoms with E-state index < -0.39 is 5.97 Å². The molecule has 0 aliphatic rings. The van der Waals surface area contributed by atoms with E-state index in [1.165, 1.54) is 12.9 Å². The lowest BCUT2D eigenvalue weighted by molar-refractivity contribution is -0.132. The van der Waals surface area contributed by atoms with E-state index in [2.05, 4.69) is 0 Å². The van der Waals surface area contributed by atoms with Crippen LogP contribution in [0.25, 0.3) is 0 Å². The Balaban J connectivity index is 4.48. The number of carboxylic acids is 1. The highest BCUT2D eigenvalue weighted by molar-refractivity contribution is 5.86. The molecule has 0 aromatic heterocycles. The quantitative estimate of drug-likeness (QED) is 0.295. The number of carboxylic acid groups (broad SMARTS) is 1. The van der Waals surface area contributed by atoms with Gasteiger partial charge in [0, 0.05) is 0 Å².